The van der Waals surface area contributed by atoms with Crippen LogP contribution in [0, 0.1) is 0 Å². The van der Waals surface area contributed by atoms with Gasteiger partial charge in [0.05, 0.1) is 7.11 Å². The van der Waals surface area contributed by atoms with Crippen LogP contribution in [-0.2, 0) is 14.3 Å². The summed E-state index contributed by atoms with van der Waals surface area (Å²) < 4.78 is 9.60. The molecule has 0 aromatic heterocycles. The molecule has 0 heterocycles. The van der Waals surface area contributed by atoms with Crippen molar-refractivity contribution < 1.29 is 14.3 Å². The Balaban J connectivity index is 2.89. The van der Waals surface area contributed by atoms with Crippen molar-refractivity contribution in [2.45, 2.75) is 6.10 Å². The molecule has 0 unspecified atom stereocenters. The molecule has 76 valence electrons. The molecule has 1 aromatic carbocycles. The van der Waals surface area contributed by atoms with Gasteiger partial charge in [0, 0.05) is 12.1 Å². The Morgan fingerprint density at radius 1 is 1.29 bits per heavy atom. The van der Waals surface area contributed by atoms with Gasteiger partial charge in [-0.3, -0.25) is 0 Å². The van der Waals surface area contributed by atoms with Crippen LogP contribution < -0.4 is 0 Å². The number of hydrogen-bond acceptors (Lipinski definition) is 3. The molecule has 0 radical (unpaired) electrons. The summed E-state index contributed by atoms with van der Waals surface area (Å²) in [5, 5.41) is 0.619. The average Bonchev–Trinajstić information content (AvgIpc) is 2.21. The smallest absolute Gasteiger partial charge is 0.339 e. The van der Waals surface area contributed by atoms with Crippen molar-refractivity contribution in [1.82, 2.24) is 0 Å². The molecular formula is C10H11ClO3. The third-order valence-electron chi connectivity index (χ3n) is 1.82. The Morgan fingerprint density at radius 3 is 2.29 bits per heavy atom. The molecule has 0 saturated heterocycles. The van der Waals surface area contributed by atoms with E-state index >= 15 is 0 Å². The van der Waals surface area contributed by atoms with Crippen LogP contribution in [0.3, 0.4) is 0 Å². The summed E-state index contributed by atoms with van der Waals surface area (Å²) in [5.41, 5.74) is 0.726. The van der Waals surface area contributed by atoms with Crippen LogP contribution in [-0.4, -0.2) is 20.2 Å². The predicted octanol–water partition coefficient (Wildman–Crippen LogP) is 2.20. The number of esters is 1. The first-order valence-corrected chi connectivity index (χ1v) is 4.43. The molecule has 0 spiro atoms. The average molecular weight is 215 g/mol. The van der Waals surface area contributed by atoms with Crippen LogP contribution >= 0.6 is 11.6 Å². The van der Waals surface area contributed by atoms with E-state index in [1.165, 1.54) is 14.2 Å². The third kappa shape index (κ3) is 2.47. The maximum absolute atomic E-state index is 11.2. The molecule has 0 amide bonds. The van der Waals surface area contributed by atoms with Crippen molar-refractivity contribution in [2.75, 3.05) is 14.2 Å². The molecule has 1 atom stereocenters. The van der Waals surface area contributed by atoms with Gasteiger partial charge in [0.15, 0.2) is 6.10 Å². The standard InChI is InChI=1S/C10H11ClO3/c1-13-9(10(12)14-2)7-3-5-8(11)6-4-7/h3-6,9H,1-2H3/t9-/m0/s1. The summed E-state index contributed by atoms with van der Waals surface area (Å²) in [6.07, 6.45) is -0.683. The third-order valence-corrected chi connectivity index (χ3v) is 2.08. The quantitative estimate of drug-likeness (QED) is 0.724. The van der Waals surface area contributed by atoms with Crippen LogP contribution in [0.25, 0.3) is 0 Å². The van der Waals surface area contributed by atoms with E-state index in [2.05, 4.69) is 4.74 Å². The first-order valence-electron chi connectivity index (χ1n) is 4.05. The fraction of sp³-hybridized carbons (Fsp3) is 0.300. The summed E-state index contributed by atoms with van der Waals surface area (Å²) in [7, 11) is 2.78. The van der Waals surface area contributed by atoms with Gasteiger partial charge in [0.1, 0.15) is 0 Å². The number of halogens is 1. The molecule has 1 rings (SSSR count). The second kappa shape index (κ2) is 4.98. The van der Waals surface area contributed by atoms with Gasteiger partial charge in [-0.25, -0.2) is 4.79 Å². The molecule has 0 bridgehead atoms. The molecule has 3 nitrogen and oxygen atoms in total. The van der Waals surface area contributed by atoms with Gasteiger partial charge in [-0.2, -0.15) is 0 Å². The first-order chi connectivity index (χ1) is 6.69. The number of hydrogen-bond donors (Lipinski definition) is 0. The van der Waals surface area contributed by atoms with Gasteiger partial charge in [0.25, 0.3) is 0 Å². The lowest BCUT2D eigenvalue weighted by Crippen LogP contribution is -2.15. The Labute approximate surface area is 87.6 Å². The van der Waals surface area contributed by atoms with Crippen LogP contribution in [0.15, 0.2) is 24.3 Å². The van der Waals surface area contributed by atoms with Gasteiger partial charge in [0.2, 0.25) is 0 Å². The Hall–Kier alpha value is -1.06. The lowest BCUT2D eigenvalue weighted by Gasteiger charge is -2.12. The van der Waals surface area contributed by atoms with E-state index < -0.39 is 12.1 Å². The van der Waals surface area contributed by atoms with E-state index in [1.807, 2.05) is 0 Å². The molecule has 0 aliphatic rings. The number of benzene rings is 1. The molecule has 1 aromatic rings. The highest BCUT2D eigenvalue weighted by atomic mass is 35.5. The summed E-state index contributed by atoms with van der Waals surface area (Å²) in [5.74, 6) is -0.421. The van der Waals surface area contributed by atoms with Gasteiger partial charge >= 0.3 is 5.97 Å². The minimum Gasteiger partial charge on any atom is -0.467 e. The molecular weight excluding hydrogens is 204 g/mol. The summed E-state index contributed by atoms with van der Waals surface area (Å²) in [6.45, 7) is 0. The van der Waals surface area contributed by atoms with Gasteiger partial charge < -0.3 is 9.47 Å². The van der Waals surface area contributed by atoms with Crippen molar-refractivity contribution in [3.63, 3.8) is 0 Å². The molecule has 4 heteroatoms. The van der Waals surface area contributed by atoms with Gasteiger partial charge in [-0.1, -0.05) is 23.7 Å². The lowest BCUT2D eigenvalue weighted by atomic mass is 10.1. The van der Waals surface area contributed by atoms with Crippen LogP contribution in [0.1, 0.15) is 11.7 Å². The van der Waals surface area contributed by atoms with Crippen molar-refractivity contribution in [3.05, 3.63) is 34.9 Å². The number of rotatable bonds is 3. The summed E-state index contributed by atoms with van der Waals surface area (Å²) in [6, 6.07) is 6.86. The number of carbonyl (C=O) groups excluding carboxylic acids is 1. The maximum atomic E-state index is 11.2. The van der Waals surface area contributed by atoms with Crippen molar-refractivity contribution in [1.29, 1.82) is 0 Å². The van der Waals surface area contributed by atoms with Crippen LogP contribution in [0.5, 0.6) is 0 Å². The fourth-order valence-corrected chi connectivity index (χ4v) is 1.24. The van der Waals surface area contributed by atoms with Crippen molar-refractivity contribution >= 4 is 17.6 Å². The zero-order chi connectivity index (χ0) is 10.6. The highest BCUT2D eigenvalue weighted by Gasteiger charge is 2.20. The molecule has 0 aliphatic carbocycles. The molecule has 0 saturated carbocycles. The Morgan fingerprint density at radius 2 is 1.86 bits per heavy atom. The SMILES string of the molecule is COC(=O)[C@@H](OC)c1ccc(Cl)cc1. The zero-order valence-electron chi connectivity index (χ0n) is 7.99. The van der Waals surface area contributed by atoms with E-state index in [0.29, 0.717) is 5.02 Å². The van der Waals surface area contributed by atoms with Crippen LogP contribution in [0.4, 0.5) is 0 Å². The lowest BCUT2D eigenvalue weighted by molar-refractivity contribution is -0.152. The maximum Gasteiger partial charge on any atom is 0.339 e. The van der Waals surface area contributed by atoms with E-state index in [0.717, 1.165) is 5.56 Å². The molecule has 14 heavy (non-hydrogen) atoms. The fourth-order valence-electron chi connectivity index (χ4n) is 1.11. The second-order valence-electron chi connectivity index (χ2n) is 2.69. The minimum absolute atomic E-state index is 0.421. The summed E-state index contributed by atoms with van der Waals surface area (Å²) in [4.78, 5) is 11.2. The molecule has 0 aliphatic heterocycles. The van der Waals surface area contributed by atoms with Gasteiger partial charge in [-0.15, -0.1) is 0 Å². The summed E-state index contributed by atoms with van der Waals surface area (Å²) >= 11 is 5.72. The van der Waals surface area contributed by atoms with E-state index in [9.17, 15) is 4.79 Å². The molecule has 0 N–H and O–H groups in total. The number of ether oxygens (including phenoxy) is 2. The van der Waals surface area contributed by atoms with Crippen molar-refractivity contribution in [3.8, 4) is 0 Å². The monoisotopic (exact) mass is 214 g/mol. The Kier molecular flexibility index (Phi) is 3.92. The van der Waals surface area contributed by atoms with E-state index in [1.54, 1.807) is 24.3 Å². The largest absolute Gasteiger partial charge is 0.467 e. The second-order valence-corrected chi connectivity index (χ2v) is 3.13. The highest BCUT2D eigenvalue weighted by molar-refractivity contribution is 6.30. The number of methoxy groups -OCH3 is 2. The topological polar surface area (TPSA) is 35.5 Å². The van der Waals surface area contributed by atoms with E-state index in [4.69, 9.17) is 16.3 Å². The Bertz CT molecular complexity index is 308. The first kappa shape index (κ1) is 11.0. The predicted molar refractivity (Wildman–Crippen MR) is 53.2 cm³/mol. The number of carbonyl (C=O) groups is 1. The highest BCUT2D eigenvalue weighted by Crippen LogP contribution is 2.20. The van der Waals surface area contributed by atoms with Gasteiger partial charge in [-0.05, 0) is 17.7 Å². The van der Waals surface area contributed by atoms with E-state index in [-0.39, 0.29) is 0 Å². The zero-order valence-corrected chi connectivity index (χ0v) is 8.75. The normalized spacial score (nSPS) is 12.2. The molecule has 0 fully saturated rings. The van der Waals surface area contributed by atoms with Crippen LogP contribution in [0.2, 0.25) is 5.02 Å². The minimum atomic E-state index is -0.683. The van der Waals surface area contributed by atoms with Crippen molar-refractivity contribution in [2.24, 2.45) is 0 Å².